The lowest BCUT2D eigenvalue weighted by Gasteiger charge is -2.10. The summed E-state index contributed by atoms with van der Waals surface area (Å²) in [5.41, 5.74) is 4.78. The van der Waals surface area contributed by atoms with Crippen LogP contribution in [0.15, 0.2) is 16.6 Å². The van der Waals surface area contributed by atoms with Crippen molar-refractivity contribution in [3.63, 3.8) is 0 Å². The average molecular weight is 279 g/mol. The van der Waals surface area contributed by atoms with E-state index in [-0.39, 0.29) is 22.1 Å². The smallest absolute Gasteiger partial charge is 0.326 e. The van der Waals surface area contributed by atoms with Gasteiger partial charge in [-0.15, -0.1) is 0 Å². The van der Waals surface area contributed by atoms with Gasteiger partial charge in [0, 0.05) is 11.0 Å². The number of alkyl halides is 3. The van der Waals surface area contributed by atoms with Crippen LogP contribution in [0.3, 0.4) is 0 Å². The molecular weight excluding hydrogens is 273 g/mol. The molecule has 1 aromatic carbocycles. The van der Waals surface area contributed by atoms with Gasteiger partial charge < -0.3 is 5.73 Å². The van der Waals surface area contributed by atoms with E-state index in [2.05, 4.69) is 15.9 Å². The number of nitrogens with two attached hydrogens (primary N) is 1. The Morgan fingerprint density at radius 1 is 1.40 bits per heavy atom. The summed E-state index contributed by atoms with van der Waals surface area (Å²) in [6.07, 6.45) is -4.43. The van der Waals surface area contributed by atoms with Gasteiger partial charge in [-0.25, -0.2) is 0 Å². The van der Waals surface area contributed by atoms with Crippen LogP contribution in [0, 0.1) is 11.3 Å². The highest BCUT2D eigenvalue weighted by Crippen LogP contribution is 2.33. The molecule has 0 aliphatic rings. The topological polar surface area (TPSA) is 49.8 Å². The molecule has 6 heteroatoms. The Bertz CT molecular complexity index is 421. The molecule has 2 N–H and O–H groups in total. The molecule has 0 aromatic heterocycles. The first kappa shape index (κ1) is 12.0. The number of nitrogens with zero attached hydrogens (tertiary/aromatic N) is 1. The molecule has 1 aromatic rings. The Morgan fingerprint density at radius 2 is 2.00 bits per heavy atom. The van der Waals surface area contributed by atoms with Gasteiger partial charge in [-0.3, -0.25) is 0 Å². The Hall–Kier alpha value is -1.06. The quantitative estimate of drug-likeness (QED) is 0.859. The molecule has 0 bridgehead atoms. The lowest BCUT2D eigenvalue weighted by Crippen LogP contribution is -2.09. The predicted octanol–water partition coefficient (Wildman–Crippen LogP) is 2.80. The molecular formula is C9H6BrF3N2. The summed E-state index contributed by atoms with van der Waals surface area (Å²) in [4.78, 5) is 0. The molecule has 0 aliphatic heterocycles. The maximum atomic E-state index is 12.4. The summed E-state index contributed by atoms with van der Waals surface area (Å²) >= 11 is 2.91. The highest BCUT2D eigenvalue weighted by molar-refractivity contribution is 9.10. The zero-order valence-electron chi connectivity index (χ0n) is 7.40. The maximum absolute atomic E-state index is 12.4. The summed E-state index contributed by atoms with van der Waals surface area (Å²) in [7, 11) is 0. The number of nitriles is 1. The van der Waals surface area contributed by atoms with Gasteiger partial charge in [0.1, 0.15) is 6.07 Å². The molecule has 0 heterocycles. The van der Waals surface area contributed by atoms with Crippen LogP contribution in [0.25, 0.3) is 0 Å². The molecule has 15 heavy (non-hydrogen) atoms. The van der Waals surface area contributed by atoms with Crippen LogP contribution in [0.4, 0.5) is 13.2 Å². The maximum Gasteiger partial charge on any atom is 0.416 e. The second-order valence-electron chi connectivity index (χ2n) is 2.81. The van der Waals surface area contributed by atoms with E-state index in [0.717, 1.165) is 12.1 Å². The molecule has 0 unspecified atom stereocenters. The Kier molecular flexibility index (Phi) is 3.37. The largest absolute Gasteiger partial charge is 0.416 e. The van der Waals surface area contributed by atoms with Crippen molar-refractivity contribution in [3.8, 4) is 6.07 Å². The number of hydrogen-bond acceptors (Lipinski definition) is 2. The average Bonchev–Trinajstić information content (AvgIpc) is 2.15. The van der Waals surface area contributed by atoms with Crippen LogP contribution in [0.5, 0.6) is 0 Å². The fraction of sp³-hybridized carbons (Fsp3) is 0.222. The summed E-state index contributed by atoms with van der Waals surface area (Å²) in [6.45, 7) is -0.106. The first-order chi connectivity index (χ1) is 6.90. The van der Waals surface area contributed by atoms with Crippen molar-refractivity contribution in [2.24, 2.45) is 5.73 Å². The molecule has 0 amide bonds. The Balaban J connectivity index is 3.40. The second-order valence-corrected chi connectivity index (χ2v) is 3.66. The van der Waals surface area contributed by atoms with Crippen LogP contribution in [-0.2, 0) is 12.7 Å². The van der Waals surface area contributed by atoms with Crippen LogP contribution >= 0.6 is 15.9 Å². The van der Waals surface area contributed by atoms with E-state index >= 15 is 0 Å². The molecule has 0 saturated carbocycles. The van der Waals surface area contributed by atoms with Gasteiger partial charge in [0.2, 0.25) is 0 Å². The number of rotatable bonds is 1. The zero-order valence-corrected chi connectivity index (χ0v) is 8.98. The van der Waals surface area contributed by atoms with Gasteiger partial charge in [-0.2, -0.15) is 18.4 Å². The molecule has 80 valence electrons. The normalized spacial score (nSPS) is 11.2. The summed E-state index contributed by atoms with van der Waals surface area (Å²) in [6, 6.07) is 3.56. The van der Waals surface area contributed by atoms with Crippen molar-refractivity contribution >= 4 is 15.9 Å². The lowest BCUT2D eigenvalue weighted by atomic mass is 10.0. The molecule has 1 rings (SSSR count). The van der Waals surface area contributed by atoms with Crippen LogP contribution < -0.4 is 5.73 Å². The molecule has 0 atom stereocenters. The first-order valence-electron chi connectivity index (χ1n) is 3.90. The van der Waals surface area contributed by atoms with Crippen LogP contribution in [0.1, 0.15) is 16.7 Å². The summed E-state index contributed by atoms with van der Waals surface area (Å²) in [5.74, 6) is 0. The van der Waals surface area contributed by atoms with Crippen molar-refractivity contribution in [3.05, 3.63) is 33.3 Å². The van der Waals surface area contributed by atoms with Gasteiger partial charge >= 0.3 is 6.18 Å². The van der Waals surface area contributed by atoms with Gasteiger partial charge in [0.15, 0.2) is 0 Å². The van der Waals surface area contributed by atoms with E-state index in [0.29, 0.717) is 0 Å². The number of halogens is 4. The van der Waals surface area contributed by atoms with E-state index in [1.54, 1.807) is 6.07 Å². The fourth-order valence-corrected chi connectivity index (χ4v) is 1.70. The number of benzene rings is 1. The fourth-order valence-electron chi connectivity index (χ4n) is 1.11. The second kappa shape index (κ2) is 4.21. The predicted molar refractivity (Wildman–Crippen MR) is 51.8 cm³/mol. The molecule has 0 saturated heterocycles. The minimum absolute atomic E-state index is 0.106. The summed E-state index contributed by atoms with van der Waals surface area (Å²) < 4.78 is 37.2. The molecule has 0 radical (unpaired) electrons. The Morgan fingerprint density at radius 3 is 2.40 bits per heavy atom. The highest BCUT2D eigenvalue weighted by atomic mass is 79.9. The lowest BCUT2D eigenvalue weighted by molar-refractivity contribution is -0.137. The van der Waals surface area contributed by atoms with Crippen LogP contribution in [-0.4, -0.2) is 0 Å². The zero-order chi connectivity index (χ0) is 11.6. The molecule has 2 nitrogen and oxygen atoms in total. The minimum Gasteiger partial charge on any atom is -0.326 e. The van der Waals surface area contributed by atoms with E-state index in [9.17, 15) is 13.2 Å². The third-order valence-corrected chi connectivity index (χ3v) is 2.46. The van der Waals surface area contributed by atoms with Crippen molar-refractivity contribution in [1.29, 1.82) is 5.26 Å². The number of hydrogen-bond donors (Lipinski definition) is 1. The molecule has 0 aliphatic carbocycles. The van der Waals surface area contributed by atoms with Crippen molar-refractivity contribution in [2.45, 2.75) is 12.7 Å². The van der Waals surface area contributed by atoms with Gasteiger partial charge in [0.25, 0.3) is 0 Å². The van der Waals surface area contributed by atoms with E-state index in [1.165, 1.54) is 0 Å². The van der Waals surface area contributed by atoms with Gasteiger partial charge in [-0.1, -0.05) is 0 Å². The minimum atomic E-state index is -4.43. The standard InChI is InChI=1S/C9H6BrF3N2/c10-8-2-6(9(11,12)13)1-5(3-14)7(8)4-15/h1-2H,3,14H2. The molecule has 0 fully saturated rings. The van der Waals surface area contributed by atoms with E-state index < -0.39 is 11.7 Å². The van der Waals surface area contributed by atoms with Gasteiger partial charge in [0.05, 0.1) is 11.1 Å². The van der Waals surface area contributed by atoms with Crippen molar-refractivity contribution in [2.75, 3.05) is 0 Å². The molecule has 0 spiro atoms. The summed E-state index contributed by atoms with van der Waals surface area (Å²) in [5, 5.41) is 8.71. The van der Waals surface area contributed by atoms with E-state index in [1.807, 2.05) is 0 Å². The highest BCUT2D eigenvalue weighted by Gasteiger charge is 2.31. The monoisotopic (exact) mass is 278 g/mol. The SMILES string of the molecule is N#Cc1c(Br)cc(C(F)(F)F)cc1CN. The third kappa shape index (κ3) is 2.49. The van der Waals surface area contributed by atoms with Crippen LogP contribution in [0.2, 0.25) is 0 Å². The van der Waals surface area contributed by atoms with Crippen molar-refractivity contribution in [1.82, 2.24) is 0 Å². The van der Waals surface area contributed by atoms with Gasteiger partial charge in [-0.05, 0) is 33.6 Å². The Labute approximate surface area is 92.6 Å². The van der Waals surface area contributed by atoms with Crippen molar-refractivity contribution < 1.29 is 13.2 Å². The third-order valence-electron chi connectivity index (χ3n) is 1.83. The first-order valence-corrected chi connectivity index (χ1v) is 4.69. The van der Waals surface area contributed by atoms with E-state index in [4.69, 9.17) is 11.0 Å².